The Labute approximate surface area is 93.9 Å². The van der Waals surface area contributed by atoms with Gasteiger partial charge in [-0.2, -0.15) is 0 Å². The minimum absolute atomic E-state index is 0.164. The number of rotatable bonds is 2. The molecule has 1 heterocycles. The zero-order valence-electron chi connectivity index (χ0n) is 10.4. The van der Waals surface area contributed by atoms with Crippen molar-refractivity contribution >= 4 is 15.0 Å². The molecule has 3 nitrogen and oxygen atoms in total. The summed E-state index contributed by atoms with van der Waals surface area (Å²) in [6, 6.07) is 0. The molecule has 0 saturated carbocycles. The Kier molecular flexibility index (Phi) is 3.61. The first-order chi connectivity index (χ1) is 6.79. The van der Waals surface area contributed by atoms with Gasteiger partial charge in [-0.15, -0.1) is 0 Å². The summed E-state index contributed by atoms with van der Waals surface area (Å²) in [4.78, 5) is 12.0. The van der Waals surface area contributed by atoms with Crippen molar-refractivity contribution in [2.45, 2.75) is 52.3 Å². The quantitative estimate of drug-likeness (QED) is 0.538. The normalized spacial score (nSPS) is 28.0. The number of hydrogen-bond acceptors (Lipinski definition) is 3. The lowest BCUT2D eigenvalue weighted by Gasteiger charge is -2.45. The summed E-state index contributed by atoms with van der Waals surface area (Å²) in [5, 5.41) is 0. The van der Waals surface area contributed by atoms with Gasteiger partial charge in [-0.1, -0.05) is 20.8 Å². The van der Waals surface area contributed by atoms with Crippen LogP contribution in [0.2, 0.25) is 13.1 Å². The topological polar surface area (TPSA) is 35.5 Å². The van der Waals surface area contributed by atoms with E-state index in [1.54, 1.807) is 0 Å². The first-order valence-corrected chi connectivity index (χ1v) is 8.43. The molecule has 1 aliphatic heterocycles. The molecule has 0 N–H and O–H groups in total. The first kappa shape index (κ1) is 12.7. The standard InChI is InChI=1S/C11H22O3Si/c1-10(2,3)11(14-15(4)5)7-6-8-13-9(11)12/h15H,6-8H2,1-5H3. The number of esters is 1. The number of hydrogen-bond donors (Lipinski definition) is 0. The number of carbonyl (C=O) groups is 1. The Balaban J connectivity index is 2.99. The number of carbonyl (C=O) groups excluding carboxylic acids is 1. The third-order valence-electron chi connectivity index (χ3n) is 2.88. The largest absolute Gasteiger partial charge is 0.464 e. The van der Waals surface area contributed by atoms with Gasteiger partial charge in [0.15, 0.2) is 14.6 Å². The average Bonchev–Trinajstić information content (AvgIpc) is 2.06. The molecule has 88 valence electrons. The lowest BCUT2D eigenvalue weighted by Crippen LogP contribution is -2.57. The number of cyclic esters (lactones) is 1. The molecule has 0 aromatic heterocycles. The summed E-state index contributed by atoms with van der Waals surface area (Å²) < 4.78 is 11.2. The van der Waals surface area contributed by atoms with Gasteiger partial charge < -0.3 is 9.16 Å². The van der Waals surface area contributed by atoms with Gasteiger partial charge in [0.05, 0.1) is 6.61 Å². The summed E-state index contributed by atoms with van der Waals surface area (Å²) in [7, 11) is -1.25. The van der Waals surface area contributed by atoms with Gasteiger partial charge in [-0.25, -0.2) is 4.79 Å². The molecule has 1 rings (SSSR count). The van der Waals surface area contributed by atoms with Gasteiger partial charge in [0.1, 0.15) is 0 Å². The van der Waals surface area contributed by atoms with E-state index in [2.05, 4.69) is 33.9 Å². The van der Waals surface area contributed by atoms with Crippen LogP contribution in [0.4, 0.5) is 0 Å². The molecule has 0 aromatic carbocycles. The van der Waals surface area contributed by atoms with E-state index < -0.39 is 14.6 Å². The van der Waals surface area contributed by atoms with Gasteiger partial charge in [0.2, 0.25) is 0 Å². The van der Waals surface area contributed by atoms with Crippen LogP contribution in [-0.2, 0) is 14.0 Å². The van der Waals surface area contributed by atoms with Crippen molar-refractivity contribution < 1.29 is 14.0 Å². The Morgan fingerprint density at radius 1 is 1.40 bits per heavy atom. The molecule has 0 radical (unpaired) electrons. The highest BCUT2D eigenvalue weighted by atomic mass is 28.3. The fraction of sp³-hybridized carbons (Fsp3) is 0.909. The predicted molar refractivity (Wildman–Crippen MR) is 62.3 cm³/mol. The van der Waals surface area contributed by atoms with Crippen molar-refractivity contribution in [3.63, 3.8) is 0 Å². The third kappa shape index (κ3) is 2.42. The Morgan fingerprint density at radius 2 is 2.00 bits per heavy atom. The molecule has 0 aromatic rings. The van der Waals surface area contributed by atoms with E-state index >= 15 is 0 Å². The van der Waals surface area contributed by atoms with Crippen LogP contribution in [0.5, 0.6) is 0 Å². The highest BCUT2D eigenvalue weighted by Gasteiger charge is 2.52. The molecule has 0 spiro atoms. The van der Waals surface area contributed by atoms with Crippen LogP contribution in [0.15, 0.2) is 0 Å². The molecule has 1 fully saturated rings. The molecule has 4 heteroatoms. The van der Waals surface area contributed by atoms with E-state index in [9.17, 15) is 4.79 Å². The maximum Gasteiger partial charge on any atom is 0.337 e. The van der Waals surface area contributed by atoms with Crippen LogP contribution in [0, 0.1) is 5.41 Å². The molecule has 1 saturated heterocycles. The van der Waals surface area contributed by atoms with Crippen molar-refractivity contribution in [3.8, 4) is 0 Å². The highest BCUT2D eigenvalue weighted by molar-refractivity contribution is 6.48. The van der Waals surface area contributed by atoms with Crippen molar-refractivity contribution in [1.82, 2.24) is 0 Å². The number of ether oxygens (including phenoxy) is 1. The summed E-state index contributed by atoms with van der Waals surface area (Å²) in [5.74, 6) is -0.164. The first-order valence-electron chi connectivity index (χ1n) is 5.65. The molecular formula is C11H22O3Si. The van der Waals surface area contributed by atoms with E-state index in [4.69, 9.17) is 9.16 Å². The summed E-state index contributed by atoms with van der Waals surface area (Å²) in [6.45, 7) is 10.9. The second kappa shape index (κ2) is 4.26. The van der Waals surface area contributed by atoms with Crippen LogP contribution < -0.4 is 0 Å². The van der Waals surface area contributed by atoms with Crippen molar-refractivity contribution in [2.75, 3.05) is 6.61 Å². The van der Waals surface area contributed by atoms with E-state index in [1.807, 2.05) is 0 Å². The Hall–Kier alpha value is -0.353. The zero-order chi connectivity index (χ0) is 11.7. The third-order valence-corrected chi connectivity index (χ3v) is 3.76. The van der Waals surface area contributed by atoms with E-state index in [-0.39, 0.29) is 11.4 Å². The highest BCUT2D eigenvalue weighted by Crippen LogP contribution is 2.41. The summed E-state index contributed by atoms with van der Waals surface area (Å²) in [6.07, 6.45) is 1.70. The second-order valence-electron chi connectivity index (χ2n) is 5.48. The minimum Gasteiger partial charge on any atom is -0.464 e. The molecular weight excluding hydrogens is 208 g/mol. The van der Waals surface area contributed by atoms with Gasteiger partial charge in [-0.05, 0) is 25.9 Å². The maximum absolute atomic E-state index is 12.0. The lowest BCUT2D eigenvalue weighted by atomic mass is 9.73. The fourth-order valence-electron chi connectivity index (χ4n) is 2.07. The van der Waals surface area contributed by atoms with Gasteiger partial charge in [0.25, 0.3) is 0 Å². The van der Waals surface area contributed by atoms with Crippen LogP contribution in [-0.4, -0.2) is 27.2 Å². The van der Waals surface area contributed by atoms with Gasteiger partial charge in [-0.3, -0.25) is 0 Å². The molecule has 0 amide bonds. The van der Waals surface area contributed by atoms with E-state index in [1.165, 1.54) is 0 Å². The van der Waals surface area contributed by atoms with Crippen LogP contribution in [0.25, 0.3) is 0 Å². The van der Waals surface area contributed by atoms with Crippen molar-refractivity contribution in [2.24, 2.45) is 5.41 Å². The Morgan fingerprint density at radius 3 is 2.40 bits per heavy atom. The van der Waals surface area contributed by atoms with Crippen LogP contribution >= 0.6 is 0 Å². The maximum atomic E-state index is 12.0. The molecule has 1 aliphatic rings. The van der Waals surface area contributed by atoms with Gasteiger partial charge in [0, 0.05) is 5.41 Å². The van der Waals surface area contributed by atoms with Crippen molar-refractivity contribution in [3.05, 3.63) is 0 Å². The predicted octanol–water partition coefficient (Wildman–Crippen LogP) is 2.11. The molecule has 0 aliphatic carbocycles. The SMILES string of the molecule is C[SiH](C)OC1(C(C)(C)C)CCCOC1=O. The fourth-order valence-corrected chi connectivity index (χ4v) is 3.44. The molecule has 1 unspecified atom stereocenters. The molecule has 1 atom stereocenters. The molecule has 15 heavy (non-hydrogen) atoms. The van der Waals surface area contributed by atoms with E-state index in [0.717, 1.165) is 12.8 Å². The zero-order valence-corrected chi connectivity index (χ0v) is 11.6. The van der Waals surface area contributed by atoms with Crippen molar-refractivity contribution in [1.29, 1.82) is 0 Å². The van der Waals surface area contributed by atoms with Crippen LogP contribution in [0.3, 0.4) is 0 Å². The van der Waals surface area contributed by atoms with Crippen LogP contribution in [0.1, 0.15) is 33.6 Å². The monoisotopic (exact) mass is 230 g/mol. The summed E-state index contributed by atoms with van der Waals surface area (Å²) in [5.41, 5.74) is -0.895. The smallest absolute Gasteiger partial charge is 0.337 e. The van der Waals surface area contributed by atoms with E-state index in [0.29, 0.717) is 6.61 Å². The Bertz CT molecular complexity index is 245. The molecule has 0 bridgehead atoms. The average molecular weight is 230 g/mol. The minimum atomic E-state index is -1.25. The summed E-state index contributed by atoms with van der Waals surface area (Å²) >= 11 is 0. The lowest BCUT2D eigenvalue weighted by molar-refractivity contribution is -0.183. The van der Waals surface area contributed by atoms with Gasteiger partial charge >= 0.3 is 5.97 Å². The second-order valence-corrected chi connectivity index (χ2v) is 7.82.